The molecule has 3 saturated carbocycles. The van der Waals surface area contributed by atoms with Crippen molar-refractivity contribution in [1.82, 2.24) is 4.90 Å². The molecule has 9 atom stereocenters. The number of ether oxygens (including phenoxy) is 2. The van der Waals surface area contributed by atoms with Gasteiger partial charge in [0.2, 0.25) is 0 Å². The van der Waals surface area contributed by atoms with Gasteiger partial charge in [-0.05, 0) is 94.1 Å². The van der Waals surface area contributed by atoms with Gasteiger partial charge in [-0.3, -0.25) is 4.79 Å². The van der Waals surface area contributed by atoms with E-state index in [2.05, 4.69) is 32.1 Å². The van der Waals surface area contributed by atoms with Crippen molar-refractivity contribution in [1.29, 1.82) is 0 Å². The van der Waals surface area contributed by atoms with Crippen molar-refractivity contribution in [2.45, 2.75) is 103 Å². The van der Waals surface area contributed by atoms with Crippen LogP contribution >= 0.6 is 11.6 Å². The summed E-state index contributed by atoms with van der Waals surface area (Å²) in [7, 11) is 0. The molecule has 2 spiro atoms. The van der Waals surface area contributed by atoms with Crippen LogP contribution in [0.5, 0.6) is 0 Å². The van der Waals surface area contributed by atoms with Gasteiger partial charge < -0.3 is 24.6 Å². The number of hydrogen-bond acceptors (Lipinski definition) is 6. The lowest BCUT2D eigenvalue weighted by Gasteiger charge is -2.71. The number of rotatable bonds is 8. The molecule has 0 aromatic heterocycles. The smallest absolute Gasteiger partial charge is 0.409 e. The molecule has 256 valence electrons. The molecule has 47 heavy (non-hydrogen) atoms. The maximum atomic E-state index is 15.1. The molecular weight excluding hydrogens is 621 g/mol. The topological polar surface area (TPSA) is 96.3 Å². The standard InChI is InChI=1S/C38H49ClFNO6/c1-4-46-33(44)41(22-25-7-6-18-47-25)23-37(45)15-12-32-35(37,3)14-11-31-34(2)13-10-24(42)20-36(34)16-17-38(31,32)27(21-36)30(43)19-26-28(39)8-5-9-29(26)40/h5,8-9,16-17,21,24-25,31-32,42,45H,4,6-7,10-15,18-20,22-23H2,1-3H3/t24?,25-,31-,32-,34-,35+,36+,37-,38-/m1/s1. The van der Waals surface area contributed by atoms with Gasteiger partial charge >= 0.3 is 6.09 Å². The molecule has 1 saturated heterocycles. The van der Waals surface area contributed by atoms with E-state index in [4.69, 9.17) is 21.1 Å². The van der Waals surface area contributed by atoms with Crippen LogP contribution in [-0.2, 0) is 20.7 Å². The number of fused-ring (bicyclic) bond motifs is 1. The number of carbonyl (C=O) groups is 2. The lowest BCUT2D eigenvalue weighted by atomic mass is 9.32. The first-order valence-electron chi connectivity index (χ1n) is 17.7. The Bertz CT molecular complexity index is 1490. The number of ketones is 1. The second kappa shape index (κ2) is 11.7. The van der Waals surface area contributed by atoms with Crippen LogP contribution in [0.4, 0.5) is 9.18 Å². The van der Waals surface area contributed by atoms with E-state index in [9.17, 15) is 19.8 Å². The average Bonchev–Trinajstić information content (AvgIpc) is 3.64. The van der Waals surface area contributed by atoms with Crippen LogP contribution in [-0.4, -0.2) is 71.1 Å². The summed E-state index contributed by atoms with van der Waals surface area (Å²) in [5.74, 6) is -0.628. The highest BCUT2D eigenvalue weighted by atomic mass is 35.5. The summed E-state index contributed by atoms with van der Waals surface area (Å²) in [4.78, 5) is 29.5. The molecule has 8 rings (SSSR count). The Morgan fingerprint density at radius 3 is 2.55 bits per heavy atom. The summed E-state index contributed by atoms with van der Waals surface area (Å²) >= 11 is 6.44. The van der Waals surface area contributed by atoms with Gasteiger partial charge in [-0.2, -0.15) is 0 Å². The van der Waals surface area contributed by atoms with Crippen LogP contribution in [0.25, 0.3) is 0 Å². The maximum absolute atomic E-state index is 15.1. The first-order chi connectivity index (χ1) is 22.3. The van der Waals surface area contributed by atoms with Crippen molar-refractivity contribution < 1.29 is 33.7 Å². The van der Waals surface area contributed by atoms with Gasteiger partial charge in [-0.15, -0.1) is 0 Å². The van der Waals surface area contributed by atoms with Gasteiger partial charge in [-0.1, -0.05) is 49.7 Å². The van der Waals surface area contributed by atoms with E-state index in [1.165, 1.54) is 6.07 Å². The Morgan fingerprint density at radius 1 is 1.09 bits per heavy atom. The zero-order valence-electron chi connectivity index (χ0n) is 27.9. The van der Waals surface area contributed by atoms with Gasteiger partial charge in [-0.25, -0.2) is 9.18 Å². The molecule has 1 unspecified atom stereocenters. The highest BCUT2D eigenvalue weighted by molar-refractivity contribution is 6.31. The third-order valence-electron chi connectivity index (χ3n) is 13.8. The maximum Gasteiger partial charge on any atom is 0.409 e. The number of benzene rings is 1. The first kappa shape index (κ1) is 33.2. The van der Waals surface area contributed by atoms with Gasteiger partial charge in [0.25, 0.3) is 0 Å². The van der Waals surface area contributed by atoms with Gasteiger partial charge in [0.1, 0.15) is 5.82 Å². The van der Waals surface area contributed by atoms with E-state index in [1.54, 1.807) is 24.0 Å². The number of aliphatic hydroxyl groups is 2. The van der Waals surface area contributed by atoms with Crippen molar-refractivity contribution in [3.63, 3.8) is 0 Å². The first-order valence-corrected chi connectivity index (χ1v) is 18.0. The summed E-state index contributed by atoms with van der Waals surface area (Å²) in [5, 5.41) is 23.9. The highest BCUT2D eigenvalue weighted by Crippen LogP contribution is 2.78. The summed E-state index contributed by atoms with van der Waals surface area (Å²) in [6, 6.07) is 4.50. The van der Waals surface area contributed by atoms with Crippen LogP contribution in [0.1, 0.15) is 84.1 Å². The van der Waals surface area contributed by atoms with Crippen molar-refractivity contribution in [2.24, 2.45) is 33.5 Å². The summed E-state index contributed by atoms with van der Waals surface area (Å²) in [6.45, 7) is 7.68. The van der Waals surface area contributed by atoms with E-state index < -0.39 is 39.9 Å². The third kappa shape index (κ3) is 4.82. The molecule has 1 heterocycles. The fourth-order valence-corrected chi connectivity index (χ4v) is 11.6. The van der Waals surface area contributed by atoms with E-state index in [0.29, 0.717) is 44.4 Å². The fraction of sp³-hybridized carbons (Fsp3) is 0.684. The van der Waals surface area contributed by atoms with Gasteiger partial charge in [0, 0.05) is 45.4 Å². The summed E-state index contributed by atoms with van der Waals surface area (Å²) in [5.41, 5.74) is -2.29. The van der Waals surface area contributed by atoms with Gasteiger partial charge in [0.15, 0.2) is 5.78 Å². The molecule has 0 radical (unpaired) electrons. The molecule has 1 aromatic rings. The second-order valence-corrected chi connectivity index (χ2v) is 16.2. The molecule has 2 N–H and O–H groups in total. The van der Waals surface area contributed by atoms with E-state index >= 15 is 4.39 Å². The molecule has 7 aliphatic rings. The number of halogens is 2. The van der Waals surface area contributed by atoms with Crippen molar-refractivity contribution in [2.75, 3.05) is 26.3 Å². The number of hydrogen-bond donors (Lipinski definition) is 2. The number of amides is 1. The molecule has 6 aliphatic carbocycles. The number of nitrogens with zero attached hydrogens (tertiary/aromatic N) is 1. The fourth-order valence-electron chi connectivity index (χ4n) is 11.4. The van der Waals surface area contributed by atoms with Crippen molar-refractivity contribution in [3.05, 3.63) is 58.4 Å². The van der Waals surface area contributed by atoms with Crippen LogP contribution in [0, 0.1) is 39.3 Å². The molecule has 1 aliphatic heterocycles. The summed E-state index contributed by atoms with van der Waals surface area (Å²) in [6.07, 6.45) is 12.1. The predicted octanol–water partition coefficient (Wildman–Crippen LogP) is 6.82. The lowest BCUT2D eigenvalue weighted by Crippen LogP contribution is -2.67. The van der Waals surface area contributed by atoms with Crippen LogP contribution in [0.3, 0.4) is 0 Å². The van der Waals surface area contributed by atoms with Crippen molar-refractivity contribution in [3.8, 4) is 0 Å². The molecular formula is C38H49ClFNO6. The zero-order valence-corrected chi connectivity index (χ0v) is 28.7. The zero-order chi connectivity index (χ0) is 33.4. The minimum atomic E-state index is -1.21. The Hall–Kier alpha value is -2.26. The Labute approximate surface area is 282 Å². The highest BCUT2D eigenvalue weighted by Gasteiger charge is 2.74. The van der Waals surface area contributed by atoms with Crippen LogP contribution in [0.2, 0.25) is 5.02 Å². The summed E-state index contributed by atoms with van der Waals surface area (Å²) < 4.78 is 26.4. The Kier molecular flexibility index (Phi) is 8.26. The van der Waals surface area contributed by atoms with Crippen LogP contribution < -0.4 is 0 Å². The SMILES string of the molecule is CCOC(=O)N(C[C@H]1CCCO1)C[C@]1(O)CC[C@H]2[C@]34C=C[C@@]5(C=C3C(=O)Cc3c(F)cccc3Cl)CC(O)CC[C@]5(C)[C@H]4CC[C@@]21C. The number of allylic oxidation sites excluding steroid dienone is 4. The van der Waals surface area contributed by atoms with E-state index in [1.807, 2.05) is 0 Å². The second-order valence-electron chi connectivity index (χ2n) is 15.8. The number of aliphatic hydroxyl groups excluding tert-OH is 1. The van der Waals surface area contributed by atoms with E-state index in [0.717, 1.165) is 32.1 Å². The van der Waals surface area contributed by atoms with E-state index in [-0.39, 0.29) is 59.3 Å². The third-order valence-corrected chi connectivity index (χ3v) is 14.2. The molecule has 7 nitrogen and oxygen atoms in total. The largest absolute Gasteiger partial charge is 0.450 e. The molecule has 2 bridgehead atoms. The normalized spacial score (nSPS) is 41.6. The minimum Gasteiger partial charge on any atom is -0.450 e. The van der Waals surface area contributed by atoms with Gasteiger partial charge in [0.05, 0.1) is 37.5 Å². The molecule has 1 amide bonds. The monoisotopic (exact) mass is 669 g/mol. The lowest BCUT2D eigenvalue weighted by molar-refractivity contribution is -0.178. The average molecular weight is 670 g/mol. The molecule has 4 fully saturated rings. The van der Waals surface area contributed by atoms with Crippen LogP contribution in [0.15, 0.2) is 42.0 Å². The number of carbonyl (C=O) groups excluding carboxylic acids is 2. The minimum absolute atomic E-state index is 0.0879. The Morgan fingerprint density at radius 2 is 1.83 bits per heavy atom. The van der Waals surface area contributed by atoms with Crippen molar-refractivity contribution >= 4 is 23.5 Å². The molecule has 9 heteroatoms. The quantitative estimate of drug-likeness (QED) is 0.295. The molecule has 1 aromatic carbocycles. The predicted molar refractivity (Wildman–Crippen MR) is 176 cm³/mol. The Balaban J connectivity index is 1.29. The number of Topliss-reactive ketones (excluding diaryl/α,β-unsaturated/α-hetero) is 1.